The molecular formula is C11H9NO4S. The molecule has 0 aliphatic carbocycles. The lowest BCUT2D eigenvalue weighted by Crippen LogP contribution is -2.11. The first-order chi connectivity index (χ1) is 7.94. The maximum Gasteiger partial charge on any atom is 0.347 e. The number of benzene rings is 1. The summed E-state index contributed by atoms with van der Waals surface area (Å²) < 4.78 is 23.8. The van der Waals surface area contributed by atoms with E-state index in [1.54, 1.807) is 18.2 Å². The third kappa shape index (κ3) is 1.72. The summed E-state index contributed by atoms with van der Waals surface area (Å²) in [6.45, 7) is 0. The fraction of sp³-hybridized carbons (Fsp3) is 0. The summed E-state index contributed by atoms with van der Waals surface area (Å²) in [7, 11) is -3.96. The van der Waals surface area contributed by atoms with Crippen LogP contribution < -0.4 is 5.73 Å². The van der Waals surface area contributed by atoms with Crippen molar-refractivity contribution in [2.75, 3.05) is 5.73 Å². The zero-order valence-corrected chi connectivity index (χ0v) is 9.44. The number of aliphatic carboxylic acids is 1. The van der Waals surface area contributed by atoms with E-state index in [1.807, 2.05) is 0 Å². The van der Waals surface area contributed by atoms with Crippen LogP contribution in [0.5, 0.6) is 0 Å². The van der Waals surface area contributed by atoms with Crippen LogP contribution in [0, 0.1) is 0 Å². The lowest BCUT2D eigenvalue weighted by Gasteiger charge is -2.07. The van der Waals surface area contributed by atoms with Gasteiger partial charge < -0.3 is 10.8 Å². The van der Waals surface area contributed by atoms with Gasteiger partial charge in [-0.3, -0.25) is 0 Å². The summed E-state index contributed by atoms with van der Waals surface area (Å²) in [4.78, 5) is 10.1. The molecule has 3 N–H and O–H groups in total. The molecule has 1 heterocycles. The number of carboxylic acids is 1. The van der Waals surface area contributed by atoms with Crippen LogP contribution in [0.4, 0.5) is 5.69 Å². The summed E-state index contributed by atoms with van der Waals surface area (Å²) in [5, 5.41) is 8.77. The zero-order chi connectivity index (χ0) is 12.6. The van der Waals surface area contributed by atoms with E-state index < -0.39 is 20.7 Å². The second kappa shape index (κ2) is 3.74. The standard InChI is InChI=1S/C11H9NO4S/c12-8-4-2-1-3-7(8)9-5-6-10(11(13)14)17(9,15)16/h1-6H,12H2,(H,13,14). The molecule has 0 aromatic heterocycles. The Morgan fingerprint density at radius 2 is 1.82 bits per heavy atom. The molecule has 0 saturated carbocycles. The van der Waals surface area contributed by atoms with E-state index in [9.17, 15) is 13.2 Å². The number of allylic oxidation sites excluding steroid dienone is 2. The number of sulfone groups is 1. The Morgan fingerprint density at radius 3 is 2.35 bits per heavy atom. The molecule has 1 aliphatic heterocycles. The maximum absolute atomic E-state index is 11.9. The molecule has 17 heavy (non-hydrogen) atoms. The molecule has 5 nitrogen and oxygen atoms in total. The van der Waals surface area contributed by atoms with Crippen molar-refractivity contribution >= 4 is 26.4 Å². The summed E-state index contributed by atoms with van der Waals surface area (Å²) in [6, 6.07) is 6.41. The number of nitrogens with two attached hydrogens (primary N) is 1. The normalized spacial score (nSPS) is 17.4. The van der Waals surface area contributed by atoms with E-state index in [0.29, 0.717) is 11.3 Å². The van der Waals surface area contributed by atoms with E-state index in [2.05, 4.69) is 0 Å². The molecule has 88 valence electrons. The molecule has 0 amide bonds. The van der Waals surface area contributed by atoms with E-state index in [-0.39, 0.29) is 4.91 Å². The van der Waals surface area contributed by atoms with E-state index >= 15 is 0 Å². The van der Waals surface area contributed by atoms with Gasteiger partial charge in [-0.05, 0) is 18.2 Å². The minimum Gasteiger partial charge on any atom is -0.477 e. The molecule has 0 saturated heterocycles. The molecular weight excluding hydrogens is 242 g/mol. The first-order valence-electron chi connectivity index (χ1n) is 4.70. The van der Waals surface area contributed by atoms with Gasteiger partial charge in [-0.25, -0.2) is 13.2 Å². The van der Waals surface area contributed by atoms with Crippen LogP contribution >= 0.6 is 0 Å². The van der Waals surface area contributed by atoms with Gasteiger partial charge in [0.2, 0.25) is 9.84 Å². The van der Waals surface area contributed by atoms with Gasteiger partial charge >= 0.3 is 5.97 Å². The second-order valence-corrected chi connectivity index (χ2v) is 5.34. The quantitative estimate of drug-likeness (QED) is 0.764. The first kappa shape index (κ1) is 11.4. The average molecular weight is 251 g/mol. The Kier molecular flexibility index (Phi) is 2.51. The van der Waals surface area contributed by atoms with Crippen molar-refractivity contribution in [3.05, 3.63) is 46.9 Å². The average Bonchev–Trinajstić information content (AvgIpc) is 2.54. The first-order valence-corrected chi connectivity index (χ1v) is 6.18. The maximum atomic E-state index is 11.9. The van der Waals surface area contributed by atoms with Crippen LogP contribution in [0.3, 0.4) is 0 Å². The summed E-state index contributed by atoms with van der Waals surface area (Å²) in [6.07, 6.45) is 2.32. The highest BCUT2D eigenvalue weighted by molar-refractivity contribution is 8.05. The van der Waals surface area contributed by atoms with Gasteiger partial charge in [0.15, 0.2) is 4.91 Å². The van der Waals surface area contributed by atoms with Gasteiger partial charge in [-0.15, -0.1) is 0 Å². The van der Waals surface area contributed by atoms with Crippen molar-refractivity contribution < 1.29 is 18.3 Å². The number of rotatable bonds is 2. The number of hydrogen-bond donors (Lipinski definition) is 2. The van der Waals surface area contributed by atoms with Gasteiger partial charge in [-0.2, -0.15) is 0 Å². The molecule has 6 heteroatoms. The molecule has 0 spiro atoms. The monoisotopic (exact) mass is 251 g/mol. The molecule has 0 bridgehead atoms. The van der Waals surface area contributed by atoms with Crippen molar-refractivity contribution in [3.8, 4) is 0 Å². The number of para-hydroxylation sites is 1. The summed E-state index contributed by atoms with van der Waals surface area (Å²) in [5.74, 6) is -1.47. The number of anilines is 1. The molecule has 1 aliphatic rings. The molecule has 0 fully saturated rings. The van der Waals surface area contributed by atoms with Crippen LogP contribution in [0.1, 0.15) is 5.56 Å². The van der Waals surface area contributed by atoms with Crippen molar-refractivity contribution in [3.63, 3.8) is 0 Å². The third-order valence-corrected chi connectivity index (χ3v) is 4.23. The topological polar surface area (TPSA) is 97.5 Å². The Morgan fingerprint density at radius 1 is 1.18 bits per heavy atom. The minimum absolute atomic E-state index is 0.0759. The van der Waals surface area contributed by atoms with Gasteiger partial charge in [0.1, 0.15) is 0 Å². The number of hydrogen-bond acceptors (Lipinski definition) is 4. The van der Waals surface area contributed by atoms with Crippen LogP contribution in [0.15, 0.2) is 41.3 Å². The molecule has 0 unspecified atom stereocenters. The van der Waals surface area contributed by atoms with Gasteiger partial charge in [0.05, 0.1) is 4.91 Å². The molecule has 0 radical (unpaired) electrons. The zero-order valence-electron chi connectivity index (χ0n) is 8.62. The largest absolute Gasteiger partial charge is 0.477 e. The number of carboxylic acid groups (broad SMARTS) is 1. The van der Waals surface area contributed by atoms with E-state index in [1.165, 1.54) is 12.1 Å². The van der Waals surface area contributed by atoms with E-state index in [4.69, 9.17) is 10.8 Å². The third-order valence-electron chi connectivity index (χ3n) is 2.40. The highest BCUT2D eigenvalue weighted by Crippen LogP contribution is 2.34. The summed E-state index contributed by atoms with van der Waals surface area (Å²) >= 11 is 0. The van der Waals surface area contributed by atoms with E-state index in [0.717, 1.165) is 6.08 Å². The summed E-state index contributed by atoms with van der Waals surface area (Å²) in [5.41, 5.74) is 6.28. The Bertz CT molecular complexity index is 656. The Hall–Kier alpha value is -2.08. The fourth-order valence-corrected chi connectivity index (χ4v) is 3.03. The van der Waals surface area contributed by atoms with Crippen molar-refractivity contribution in [1.82, 2.24) is 0 Å². The van der Waals surface area contributed by atoms with Crippen molar-refractivity contribution in [1.29, 1.82) is 0 Å². The van der Waals surface area contributed by atoms with Crippen molar-refractivity contribution in [2.45, 2.75) is 0 Å². The van der Waals surface area contributed by atoms with Gasteiger partial charge in [-0.1, -0.05) is 18.2 Å². The van der Waals surface area contributed by atoms with Gasteiger partial charge in [0, 0.05) is 11.3 Å². The fourth-order valence-electron chi connectivity index (χ4n) is 1.59. The predicted molar refractivity (Wildman–Crippen MR) is 63.5 cm³/mol. The van der Waals surface area contributed by atoms with Crippen LogP contribution in [-0.2, 0) is 14.6 Å². The minimum atomic E-state index is -3.96. The molecule has 1 aromatic carbocycles. The molecule has 2 rings (SSSR count). The Labute approximate surface area is 97.8 Å². The molecule has 0 atom stereocenters. The lowest BCUT2D eigenvalue weighted by atomic mass is 10.1. The van der Waals surface area contributed by atoms with Crippen LogP contribution in [0.25, 0.3) is 4.91 Å². The number of carbonyl (C=O) groups is 1. The van der Waals surface area contributed by atoms with Gasteiger partial charge in [0.25, 0.3) is 0 Å². The molecule has 1 aromatic rings. The highest BCUT2D eigenvalue weighted by atomic mass is 32.2. The lowest BCUT2D eigenvalue weighted by molar-refractivity contribution is -0.131. The number of nitrogen functional groups attached to an aromatic ring is 1. The highest BCUT2D eigenvalue weighted by Gasteiger charge is 2.33. The predicted octanol–water partition coefficient (Wildman–Crippen LogP) is 1.01. The van der Waals surface area contributed by atoms with Crippen LogP contribution in [-0.4, -0.2) is 19.5 Å². The SMILES string of the molecule is Nc1ccccc1C1=CC=C(C(=O)O)S1(=O)=O. The smallest absolute Gasteiger partial charge is 0.347 e. The van der Waals surface area contributed by atoms with Crippen molar-refractivity contribution in [2.24, 2.45) is 0 Å². The second-order valence-electron chi connectivity index (χ2n) is 3.46. The Balaban J connectivity index is 2.55. The van der Waals surface area contributed by atoms with Crippen LogP contribution in [0.2, 0.25) is 0 Å².